The Kier molecular flexibility index (Phi) is 4.66. The van der Waals surface area contributed by atoms with E-state index in [4.69, 9.17) is 0 Å². The summed E-state index contributed by atoms with van der Waals surface area (Å²) in [6, 6.07) is 0.589. The summed E-state index contributed by atoms with van der Waals surface area (Å²) in [5, 5.41) is 3.48. The van der Waals surface area contributed by atoms with Crippen LogP contribution in [-0.2, 0) is 13.5 Å². The van der Waals surface area contributed by atoms with Crippen molar-refractivity contribution in [2.75, 3.05) is 6.54 Å². The van der Waals surface area contributed by atoms with Crippen LogP contribution in [0.4, 0.5) is 0 Å². The predicted octanol–water partition coefficient (Wildman–Crippen LogP) is 1.74. The lowest BCUT2D eigenvalue weighted by molar-refractivity contribution is 0.505. The molecule has 0 radical (unpaired) electrons. The molecule has 0 aliphatic rings. The molecule has 0 aliphatic carbocycles. The van der Waals surface area contributed by atoms with Gasteiger partial charge in [0.15, 0.2) is 0 Å². The molecule has 3 heteroatoms. The summed E-state index contributed by atoms with van der Waals surface area (Å²) in [5.74, 6) is 1.18. The van der Waals surface area contributed by atoms with E-state index in [1.54, 1.807) is 0 Å². The molecule has 1 aromatic heterocycles. The Hall–Kier alpha value is -0.830. The third-order valence-corrected chi connectivity index (χ3v) is 2.46. The van der Waals surface area contributed by atoms with E-state index in [0.29, 0.717) is 6.04 Å². The van der Waals surface area contributed by atoms with Gasteiger partial charge >= 0.3 is 0 Å². The normalized spacial score (nSPS) is 13.1. The second-order valence-corrected chi connectivity index (χ2v) is 3.85. The molecule has 0 saturated heterocycles. The number of nitrogens with zero attached hydrogens (tertiary/aromatic N) is 2. The van der Waals surface area contributed by atoms with Crippen LogP contribution in [0.15, 0.2) is 12.4 Å². The Morgan fingerprint density at radius 2 is 2.36 bits per heavy atom. The van der Waals surface area contributed by atoms with Crippen LogP contribution in [0, 0.1) is 0 Å². The molecule has 1 N–H and O–H groups in total. The molecular formula is C11H21N3. The fourth-order valence-electron chi connectivity index (χ4n) is 1.48. The second kappa shape index (κ2) is 5.81. The Labute approximate surface area is 86.5 Å². The van der Waals surface area contributed by atoms with Gasteiger partial charge in [-0.05, 0) is 26.3 Å². The molecule has 0 aromatic carbocycles. The van der Waals surface area contributed by atoms with E-state index in [1.807, 2.05) is 19.4 Å². The third-order valence-electron chi connectivity index (χ3n) is 2.46. The van der Waals surface area contributed by atoms with Crippen molar-refractivity contribution in [3.63, 3.8) is 0 Å². The molecule has 1 aromatic rings. The highest BCUT2D eigenvalue weighted by molar-refractivity contribution is 4.91. The first-order valence-corrected chi connectivity index (χ1v) is 5.43. The maximum absolute atomic E-state index is 4.30. The van der Waals surface area contributed by atoms with Crippen LogP contribution < -0.4 is 5.32 Å². The van der Waals surface area contributed by atoms with Gasteiger partial charge in [-0.1, -0.05) is 6.92 Å². The molecule has 14 heavy (non-hydrogen) atoms. The van der Waals surface area contributed by atoms with Gasteiger partial charge in [0, 0.05) is 31.9 Å². The number of aromatic nitrogens is 2. The average Bonchev–Trinajstić information content (AvgIpc) is 2.58. The summed E-state index contributed by atoms with van der Waals surface area (Å²) in [7, 11) is 2.05. The van der Waals surface area contributed by atoms with Crippen molar-refractivity contribution in [2.24, 2.45) is 7.05 Å². The van der Waals surface area contributed by atoms with Gasteiger partial charge in [-0.2, -0.15) is 0 Å². The van der Waals surface area contributed by atoms with E-state index in [2.05, 4.69) is 28.7 Å². The monoisotopic (exact) mass is 195 g/mol. The highest BCUT2D eigenvalue weighted by Gasteiger charge is 2.03. The van der Waals surface area contributed by atoms with Gasteiger partial charge < -0.3 is 9.88 Å². The quantitative estimate of drug-likeness (QED) is 0.749. The van der Waals surface area contributed by atoms with Crippen LogP contribution in [-0.4, -0.2) is 22.1 Å². The lowest BCUT2D eigenvalue weighted by Crippen LogP contribution is -2.27. The zero-order valence-electron chi connectivity index (χ0n) is 9.45. The van der Waals surface area contributed by atoms with E-state index in [9.17, 15) is 0 Å². The largest absolute Gasteiger partial charge is 0.338 e. The summed E-state index contributed by atoms with van der Waals surface area (Å²) in [5.41, 5.74) is 0. The predicted molar refractivity (Wildman–Crippen MR) is 59.3 cm³/mol. The van der Waals surface area contributed by atoms with Gasteiger partial charge in [0.1, 0.15) is 5.82 Å². The molecule has 0 spiro atoms. The smallest absolute Gasteiger partial charge is 0.108 e. The van der Waals surface area contributed by atoms with Crippen LogP contribution >= 0.6 is 0 Å². The minimum Gasteiger partial charge on any atom is -0.338 e. The number of hydrogen-bond acceptors (Lipinski definition) is 2. The minimum atomic E-state index is 0.589. The van der Waals surface area contributed by atoms with Crippen LogP contribution in [0.2, 0.25) is 0 Å². The SMILES string of the molecule is CCCNC(C)CCc1nccn1C. The second-order valence-electron chi connectivity index (χ2n) is 3.85. The van der Waals surface area contributed by atoms with Gasteiger partial charge in [-0.3, -0.25) is 0 Å². The zero-order valence-corrected chi connectivity index (χ0v) is 9.45. The van der Waals surface area contributed by atoms with Crippen molar-refractivity contribution in [1.82, 2.24) is 14.9 Å². The first-order chi connectivity index (χ1) is 6.74. The van der Waals surface area contributed by atoms with Crippen molar-refractivity contribution in [3.05, 3.63) is 18.2 Å². The van der Waals surface area contributed by atoms with E-state index >= 15 is 0 Å². The van der Waals surface area contributed by atoms with Crippen LogP contribution in [0.25, 0.3) is 0 Å². The van der Waals surface area contributed by atoms with Gasteiger partial charge in [0.05, 0.1) is 0 Å². The molecule has 0 bridgehead atoms. The van der Waals surface area contributed by atoms with E-state index in [1.165, 1.54) is 12.2 Å². The van der Waals surface area contributed by atoms with Crippen molar-refractivity contribution < 1.29 is 0 Å². The van der Waals surface area contributed by atoms with Crippen LogP contribution in [0.3, 0.4) is 0 Å². The number of rotatable bonds is 6. The lowest BCUT2D eigenvalue weighted by Gasteiger charge is -2.12. The summed E-state index contributed by atoms with van der Waals surface area (Å²) in [6.45, 7) is 5.54. The number of imidazole rings is 1. The summed E-state index contributed by atoms with van der Waals surface area (Å²) >= 11 is 0. The molecule has 1 rings (SSSR count). The Morgan fingerprint density at radius 1 is 1.57 bits per heavy atom. The fourth-order valence-corrected chi connectivity index (χ4v) is 1.48. The van der Waals surface area contributed by atoms with Crippen LogP contribution in [0.1, 0.15) is 32.5 Å². The maximum Gasteiger partial charge on any atom is 0.108 e. The highest BCUT2D eigenvalue weighted by Crippen LogP contribution is 2.01. The van der Waals surface area contributed by atoms with E-state index in [0.717, 1.165) is 19.4 Å². The summed E-state index contributed by atoms with van der Waals surface area (Å²) in [6.07, 6.45) is 7.28. The van der Waals surface area contributed by atoms with Crippen molar-refractivity contribution >= 4 is 0 Å². The molecule has 0 fully saturated rings. The van der Waals surface area contributed by atoms with E-state index in [-0.39, 0.29) is 0 Å². The molecule has 1 heterocycles. The fraction of sp³-hybridized carbons (Fsp3) is 0.727. The molecular weight excluding hydrogens is 174 g/mol. The van der Waals surface area contributed by atoms with Gasteiger partial charge in [0.2, 0.25) is 0 Å². The van der Waals surface area contributed by atoms with Crippen molar-refractivity contribution in [1.29, 1.82) is 0 Å². The lowest BCUT2D eigenvalue weighted by atomic mass is 10.1. The Bertz CT molecular complexity index is 255. The Balaban J connectivity index is 2.23. The molecule has 1 atom stereocenters. The molecule has 0 aliphatic heterocycles. The van der Waals surface area contributed by atoms with E-state index < -0.39 is 0 Å². The van der Waals surface area contributed by atoms with Gasteiger partial charge in [0.25, 0.3) is 0 Å². The van der Waals surface area contributed by atoms with Gasteiger partial charge in [-0.15, -0.1) is 0 Å². The molecule has 0 amide bonds. The average molecular weight is 195 g/mol. The zero-order chi connectivity index (χ0) is 10.4. The number of nitrogens with one attached hydrogen (secondary N) is 1. The highest BCUT2D eigenvalue weighted by atomic mass is 15.0. The molecule has 3 nitrogen and oxygen atoms in total. The van der Waals surface area contributed by atoms with Crippen LogP contribution in [0.5, 0.6) is 0 Å². The Morgan fingerprint density at radius 3 is 2.93 bits per heavy atom. The molecule has 1 unspecified atom stereocenters. The minimum absolute atomic E-state index is 0.589. The summed E-state index contributed by atoms with van der Waals surface area (Å²) in [4.78, 5) is 4.30. The van der Waals surface area contributed by atoms with Crippen molar-refractivity contribution in [2.45, 2.75) is 39.2 Å². The third kappa shape index (κ3) is 3.50. The van der Waals surface area contributed by atoms with Gasteiger partial charge in [-0.25, -0.2) is 4.98 Å². The molecule has 0 saturated carbocycles. The summed E-state index contributed by atoms with van der Waals surface area (Å²) < 4.78 is 2.09. The number of hydrogen-bond donors (Lipinski definition) is 1. The number of aryl methyl sites for hydroxylation is 2. The standard InChI is InChI=1S/C11H21N3/c1-4-7-12-10(2)5-6-11-13-8-9-14(11)3/h8-10,12H,4-7H2,1-3H3. The molecule has 80 valence electrons. The topological polar surface area (TPSA) is 29.9 Å². The first kappa shape index (κ1) is 11.2. The maximum atomic E-state index is 4.30. The van der Waals surface area contributed by atoms with Crippen molar-refractivity contribution in [3.8, 4) is 0 Å². The first-order valence-electron chi connectivity index (χ1n) is 5.43.